The van der Waals surface area contributed by atoms with Crippen molar-refractivity contribution in [1.82, 2.24) is 0 Å². The molecule has 0 radical (unpaired) electrons. The Hall–Kier alpha value is 3.53. The van der Waals surface area contributed by atoms with Crippen molar-refractivity contribution >= 4 is 15.6 Å². The summed E-state index contributed by atoms with van der Waals surface area (Å²) in [5.41, 5.74) is 0. The Morgan fingerprint density at radius 3 is 1.45 bits per heavy atom. The molecule has 0 spiro atoms. The van der Waals surface area contributed by atoms with Crippen molar-refractivity contribution in [2.24, 2.45) is 0 Å². The minimum absolute atomic E-state index is 0. The van der Waals surface area contributed by atoms with Gasteiger partial charge in [-0.2, -0.15) is 0 Å². The van der Waals surface area contributed by atoms with Crippen LogP contribution in [0.4, 0.5) is 0 Å². The first-order valence-corrected chi connectivity index (χ1v) is 4.43. The summed E-state index contributed by atoms with van der Waals surface area (Å²) in [7, 11) is -11.0. The Labute approximate surface area is 149 Å². The van der Waals surface area contributed by atoms with E-state index in [1.54, 1.807) is 0 Å². The molecule has 0 heterocycles. The molecule has 1 N–H and O–H groups in total. The maximum atomic E-state index is 9.44. The van der Waals surface area contributed by atoms with E-state index in [2.05, 4.69) is 4.31 Å². The van der Waals surface area contributed by atoms with Gasteiger partial charge in [-0.25, -0.2) is 0 Å². The molecule has 0 aliphatic rings. The number of phosphoric acid groups is 2. The zero-order valence-electron chi connectivity index (χ0n) is 6.79. The first-order chi connectivity index (χ1) is 3.71. The van der Waals surface area contributed by atoms with E-state index in [0.29, 0.717) is 0 Å². The first kappa shape index (κ1) is 20.0. The molecule has 0 amide bonds. The molecular formula is H2K2O7P2. The fraction of sp³-hybridized carbons (Fsp3) is 0. The summed E-state index contributed by atoms with van der Waals surface area (Å²) >= 11 is 0. The van der Waals surface area contributed by atoms with Crippen LogP contribution in [0.1, 0.15) is 1.43 Å². The summed E-state index contributed by atoms with van der Waals surface area (Å²) < 4.78 is 21.4. The molecule has 0 rings (SSSR count). The van der Waals surface area contributed by atoms with Crippen LogP contribution in [0.15, 0.2) is 0 Å². The molecule has 11 heavy (non-hydrogen) atoms. The van der Waals surface area contributed by atoms with Gasteiger partial charge in [0.25, 0.3) is 7.82 Å². The van der Waals surface area contributed by atoms with Crippen LogP contribution >= 0.6 is 15.6 Å². The zero-order valence-corrected chi connectivity index (χ0v) is 13.8. The van der Waals surface area contributed by atoms with Crippen LogP contribution in [-0.2, 0) is 13.4 Å². The van der Waals surface area contributed by atoms with Gasteiger partial charge in [0.15, 0.2) is 0 Å². The average molecular weight is 254 g/mol. The normalized spacial score (nSPS) is 15.6. The molecule has 7 nitrogen and oxygen atoms in total. The van der Waals surface area contributed by atoms with Gasteiger partial charge >= 0.3 is 104 Å². The predicted molar refractivity (Wildman–Crippen MR) is 19.6 cm³/mol. The fourth-order valence-corrected chi connectivity index (χ4v) is 1.14. The molecule has 0 saturated carbocycles. The van der Waals surface area contributed by atoms with Crippen molar-refractivity contribution in [3.05, 3.63) is 0 Å². The van der Waals surface area contributed by atoms with Crippen molar-refractivity contribution < 1.29 is 137 Å². The van der Waals surface area contributed by atoms with Crippen molar-refractivity contribution in [2.45, 2.75) is 0 Å². The molecule has 1 unspecified atom stereocenters. The summed E-state index contributed by atoms with van der Waals surface area (Å²) in [5.74, 6) is 0. The number of rotatable bonds is 2. The van der Waals surface area contributed by atoms with Gasteiger partial charge in [-0.05, 0) is 0 Å². The van der Waals surface area contributed by atoms with Crippen LogP contribution in [0.3, 0.4) is 0 Å². The van der Waals surface area contributed by atoms with E-state index in [9.17, 15) is 23.8 Å². The van der Waals surface area contributed by atoms with Gasteiger partial charge in [-0.15, -0.1) is 0 Å². The van der Waals surface area contributed by atoms with Gasteiger partial charge in [-0.1, -0.05) is 0 Å². The summed E-state index contributed by atoms with van der Waals surface area (Å²) in [6.45, 7) is 0. The van der Waals surface area contributed by atoms with Crippen LogP contribution < -0.4 is 117 Å². The minimum Gasteiger partial charge on any atom is -0.790 e. The van der Waals surface area contributed by atoms with Crippen LogP contribution in [0.25, 0.3) is 0 Å². The predicted octanol–water partition coefficient (Wildman–Crippen LogP) is -8.59. The van der Waals surface area contributed by atoms with Crippen LogP contribution in [0.2, 0.25) is 0 Å². The second kappa shape index (κ2) is 7.78. The zero-order chi connectivity index (χ0) is 7.71. The van der Waals surface area contributed by atoms with Gasteiger partial charge in [0.05, 0.1) is 7.82 Å². The second-order valence-electron chi connectivity index (χ2n) is 0.997. The Morgan fingerprint density at radius 2 is 1.45 bits per heavy atom. The standard InChI is InChI=1S/2K.H4O7P2/c;;1-8(2,3)7-9(4,5)6/h;;(H2,1,2,3)(H2,4,5,6)/q2*+1;/p-2. The van der Waals surface area contributed by atoms with Gasteiger partial charge in [0.2, 0.25) is 0 Å². The van der Waals surface area contributed by atoms with E-state index in [4.69, 9.17) is 4.89 Å². The van der Waals surface area contributed by atoms with Crippen LogP contribution in [0, 0.1) is 0 Å². The molecule has 0 saturated heterocycles. The Morgan fingerprint density at radius 1 is 1.18 bits per heavy atom. The smallest absolute Gasteiger partial charge is 0.790 e. The van der Waals surface area contributed by atoms with E-state index in [1.165, 1.54) is 0 Å². The van der Waals surface area contributed by atoms with E-state index in [-0.39, 0.29) is 104 Å². The van der Waals surface area contributed by atoms with E-state index < -0.39 is 15.6 Å². The minimum atomic E-state index is -5.61. The molecule has 0 bridgehead atoms. The summed E-state index contributed by atoms with van der Waals surface area (Å²) in [6.07, 6.45) is 0. The number of hydrogen-bond acceptors (Lipinski definition) is 6. The molecule has 11 heteroatoms. The fourth-order valence-electron chi connectivity index (χ4n) is 0.126. The van der Waals surface area contributed by atoms with E-state index in [0.717, 1.165) is 0 Å². The Kier molecular flexibility index (Phi) is 14.1. The van der Waals surface area contributed by atoms with Gasteiger partial charge in [0, 0.05) is 0 Å². The van der Waals surface area contributed by atoms with Crippen LogP contribution in [-0.4, -0.2) is 4.89 Å². The molecule has 0 aromatic heterocycles. The third-order valence-corrected chi connectivity index (χ3v) is 1.83. The Bertz CT molecular complexity index is 160. The third-order valence-electron chi connectivity index (χ3n) is 0.203. The largest absolute Gasteiger partial charge is 1.00 e. The SMILES string of the molecule is O=P([O-])([O-])OP(=O)([O-])O.[H+].[K+].[K+]. The van der Waals surface area contributed by atoms with Crippen LogP contribution in [0.5, 0.6) is 0 Å². The molecule has 0 aromatic rings. The van der Waals surface area contributed by atoms with Crippen molar-refractivity contribution in [3.8, 4) is 0 Å². The monoisotopic (exact) mass is 254 g/mol. The van der Waals surface area contributed by atoms with Gasteiger partial charge in [0.1, 0.15) is 0 Å². The number of hydrogen-bond donors (Lipinski definition) is 1. The molecule has 0 fully saturated rings. The first-order valence-electron chi connectivity index (χ1n) is 1.48. The topological polar surface area (TPSA) is 133 Å². The molecule has 56 valence electrons. The maximum absolute atomic E-state index is 9.44. The van der Waals surface area contributed by atoms with Gasteiger partial charge in [-0.3, -0.25) is 8.88 Å². The molecule has 0 aliphatic carbocycles. The van der Waals surface area contributed by atoms with Gasteiger partial charge < -0.3 is 24.1 Å². The van der Waals surface area contributed by atoms with Crippen molar-refractivity contribution in [2.75, 3.05) is 0 Å². The summed E-state index contributed by atoms with van der Waals surface area (Å²) in [5, 5.41) is 0. The second-order valence-corrected chi connectivity index (χ2v) is 3.48. The third kappa shape index (κ3) is 19.8. The van der Waals surface area contributed by atoms with Crippen molar-refractivity contribution in [1.29, 1.82) is 0 Å². The molecule has 0 aliphatic heterocycles. The van der Waals surface area contributed by atoms with E-state index >= 15 is 0 Å². The molecule has 1 atom stereocenters. The molecule has 0 aromatic carbocycles. The average Bonchev–Trinajstić information content (AvgIpc) is 1.14. The van der Waals surface area contributed by atoms with E-state index in [1.807, 2.05) is 0 Å². The Balaban J connectivity index is -0.000000107. The molecular weight excluding hydrogens is 252 g/mol. The summed E-state index contributed by atoms with van der Waals surface area (Å²) in [6, 6.07) is 0. The summed E-state index contributed by atoms with van der Waals surface area (Å²) in [4.78, 5) is 35.7. The maximum Gasteiger partial charge on any atom is 1.00 e. The van der Waals surface area contributed by atoms with Crippen molar-refractivity contribution in [3.63, 3.8) is 0 Å². The quantitative estimate of drug-likeness (QED) is 0.382.